The van der Waals surface area contributed by atoms with E-state index < -0.39 is 5.97 Å². The van der Waals surface area contributed by atoms with E-state index in [0.29, 0.717) is 17.5 Å². The molecular formula is C16H21N3O3S. The largest absolute Gasteiger partial charge is 0.478 e. The van der Waals surface area contributed by atoms with E-state index >= 15 is 0 Å². The van der Waals surface area contributed by atoms with E-state index in [9.17, 15) is 14.7 Å². The standard InChI is InChI=1S/C16H21N3O3S/c1-18(2)23-17-15(20)13-6-4-11(16(21)22)8-14(13)19-9-10-3-5-12(19)7-10/h4,6,8,10,12H,3,5,7,9H2,1-2H3,(H,17,20)(H,21,22). The molecule has 1 saturated carbocycles. The molecule has 2 unspecified atom stereocenters. The summed E-state index contributed by atoms with van der Waals surface area (Å²) in [5.41, 5.74) is 1.51. The number of benzene rings is 1. The van der Waals surface area contributed by atoms with E-state index in [1.54, 1.807) is 16.4 Å². The van der Waals surface area contributed by atoms with Crippen molar-refractivity contribution in [1.29, 1.82) is 0 Å². The Hall–Kier alpha value is -1.73. The molecule has 1 amide bonds. The average Bonchev–Trinajstić information content (AvgIpc) is 3.14. The molecule has 6 nitrogen and oxygen atoms in total. The minimum Gasteiger partial charge on any atom is -0.478 e. The molecule has 1 aromatic rings. The van der Waals surface area contributed by atoms with Gasteiger partial charge in [0.2, 0.25) is 0 Å². The molecule has 1 saturated heterocycles. The second-order valence-electron chi connectivity index (χ2n) is 6.36. The topological polar surface area (TPSA) is 72.9 Å². The van der Waals surface area contributed by atoms with Gasteiger partial charge >= 0.3 is 5.97 Å². The maximum Gasteiger partial charge on any atom is 0.335 e. The quantitative estimate of drug-likeness (QED) is 0.804. The lowest BCUT2D eigenvalue weighted by Crippen LogP contribution is -2.34. The van der Waals surface area contributed by atoms with Crippen molar-refractivity contribution in [2.24, 2.45) is 5.92 Å². The maximum absolute atomic E-state index is 12.5. The highest BCUT2D eigenvalue weighted by Crippen LogP contribution is 2.41. The monoisotopic (exact) mass is 335 g/mol. The van der Waals surface area contributed by atoms with Crippen LogP contribution in [0.15, 0.2) is 18.2 Å². The zero-order valence-electron chi connectivity index (χ0n) is 13.3. The number of fused-ring (bicyclic) bond motifs is 2. The maximum atomic E-state index is 12.5. The molecule has 1 aromatic carbocycles. The van der Waals surface area contributed by atoms with Crippen LogP contribution in [0.3, 0.4) is 0 Å². The van der Waals surface area contributed by atoms with Crippen LogP contribution in [0.2, 0.25) is 0 Å². The van der Waals surface area contributed by atoms with Gasteiger partial charge in [0, 0.05) is 24.7 Å². The van der Waals surface area contributed by atoms with Crippen molar-refractivity contribution < 1.29 is 14.7 Å². The van der Waals surface area contributed by atoms with Gasteiger partial charge in [-0.1, -0.05) is 0 Å². The van der Waals surface area contributed by atoms with E-state index in [4.69, 9.17) is 0 Å². The Morgan fingerprint density at radius 2 is 2.13 bits per heavy atom. The summed E-state index contributed by atoms with van der Waals surface area (Å²) in [5, 5.41) is 9.26. The van der Waals surface area contributed by atoms with Crippen molar-refractivity contribution in [2.75, 3.05) is 25.5 Å². The highest BCUT2D eigenvalue weighted by Gasteiger charge is 2.39. The smallest absolute Gasteiger partial charge is 0.335 e. The molecule has 0 aromatic heterocycles. The Labute approximate surface area is 140 Å². The number of carboxylic acids is 1. The Bertz CT molecular complexity index is 635. The first kappa shape index (κ1) is 16.1. The number of rotatable bonds is 5. The van der Waals surface area contributed by atoms with Gasteiger partial charge in [-0.25, -0.2) is 9.10 Å². The third-order valence-corrected chi connectivity index (χ3v) is 5.17. The molecule has 23 heavy (non-hydrogen) atoms. The number of nitrogens with zero attached hydrogens (tertiary/aromatic N) is 2. The minimum atomic E-state index is -0.967. The first-order valence-electron chi connectivity index (χ1n) is 7.74. The molecule has 0 radical (unpaired) electrons. The van der Waals surface area contributed by atoms with E-state index in [2.05, 4.69) is 9.62 Å². The number of carbonyl (C=O) groups excluding carboxylic acids is 1. The summed E-state index contributed by atoms with van der Waals surface area (Å²) in [7, 11) is 3.69. The zero-order chi connectivity index (χ0) is 16.6. The van der Waals surface area contributed by atoms with Crippen LogP contribution >= 0.6 is 12.1 Å². The normalized spacial score (nSPS) is 22.7. The summed E-state index contributed by atoms with van der Waals surface area (Å²) in [6, 6.07) is 5.18. The molecule has 0 spiro atoms. The molecule has 1 heterocycles. The highest BCUT2D eigenvalue weighted by molar-refractivity contribution is 7.95. The first-order valence-corrected chi connectivity index (χ1v) is 8.51. The van der Waals surface area contributed by atoms with Crippen LogP contribution in [0.25, 0.3) is 0 Å². The van der Waals surface area contributed by atoms with Crippen LogP contribution in [0.5, 0.6) is 0 Å². The molecule has 124 valence electrons. The number of aromatic carboxylic acids is 1. The number of piperidine rings is 1. The van der Waals surface area contributed by atoms with Crippen LogP contribution < -0.4 is 9.62 Å². The Morgan fingerprint density at radius 3 is 2.70 bits per heavy atom. The molecule has 1 aliphatic heterocycles. The molecule has 7 heteroatoms. The highest BCUT2D eigenvalue weighted by atomic mass is 32.2. The summed E-state index contributed by atoms with van der Waals surface area (Å²) in [5.74, 6) is -0.496. The number of carboxylic acid groups (broad SMARTS) is 1. The van der Waals surface area contributed by atoms with Crippen molar-refractivity contribution >= 4 is 29.7 Å². The van der Waals surface area contributed by atoms with Gasteiger partial charge in [-0.05, 0) is 57.5 Å². The lowest BCUT2D eigenvalue weighted by molar-refractivity contribution is 0.0696. The SMILES string of the molecule is CN(C)SNC(=O)c1ccc(C(=O)O)cc1N1CC2CCC1C2. The number of anilines is 1. The van der Waals surface area contributed by atoms with Crippen molar-refractivity contribution in [3.05, 3.63) is 29.3 Å². The molecule has 2 bridgehead atoms. The van der Waals surface area contributed by atoms with Crippen molar-refractivity contribution in [2.45, 2.75) is 25.3 Å². The number of amides is 1. The molecule has 3 rings (SSSR count). The molecular weight excluding hydrogens is 314 g/mol. The van der Waals surface area contributed by atoms with Crippen LogP contribution in [-0.2, 0) is 0 Å². The molecule has 2 aliphatic rings. The lowest BCUT2D eigenvalue weighted by Gasteiger charge is -2.31. The second kappa shape index (κ2) is 6.41. The predicted molar refractivity (Wildman–Crippen MR) is 90.6 cm³/mol. The summed E-state index contributed by atoms with van der Waals surface area (Å²) in [6.45, 7) is 0.912. The first-order chi connectivity index (χ1) is 11.0. The van der Waals surface area contributed by atoms with E-state index in [0.717, 1.165) is 25.1 Å². The Balaban J connectivity index is 1.91. The third-order valence-electron chi connectivity index (χ3n) is 4.53. The van der Waals surface area contributed by atoms with Gasteiger partial charge in [0.1, 0.15) is 0 Å². The average molecular weight is 335 g/mol. The summed E-state index contributed by atoms with van der Waals surface area (Å²) >= 11 is 1.21. The van der Waals surface area contributed by atoms with Gasteiger partial charge in [-0.15, -0.1) is 0 Å². The van der Waals surface area contributed by atoms with E-state index in [1.807, 2.05) is 14.1 Å². The number of hydrogen-bond donors (Lipinski definition) is 2. The van der Waals surface area contributed by atoms with Crippen LogP contribution in [-0.4, -0.2) is 48.0 Å². The fraction of sp³-hybridized carbons (Fsp3) is 0.500. The van der Waals surface area contributed by atoms with Gasteiger partial charge < -0.3 is 10.0 Å². The van der Waals surface area contributed by atoms with Gasteiger partial charge in [-0.2, -0.15) is 0 Å². The van der Waals surface area contributed by atoms with E-state index in [-0.39, 0.29) is 11.5 Å². The molecule has 2 N–H and O–H groups in total. The summed E-state index contributed by atoms with van der Waals surface area (Å²) in [4.78, 5) is 26.0. The Morgan fingerprint density at radius 1 is 1.35 bits per heavy atom. The number of carbonyl (C=O) groups is 2. The third kappa shape index (κ3) is 3.30. The van der Waals surface area contributed by atoms with Crippen molar-refractivity contribution in [1.82, 2.24) is 9.03 Å². The van der Waals surface area contributed by atoms with E-state index in [1.165, 1.54) is 24.6 Å². The van der Waals surface area contributed by atoms with Crippen LogP contribution in [0.1, 0.15) is 40.0 Å². The number of hydrogen-bond acceptors (Lipinski definition) is 5. The lowest BCUT2D eigenvalue weighted by atomic mass is 10.0. The summed E-state index contributed by atoms with van der Waals surface area (Å²) in [6.07, 6.45) is 3.50. The van der Waals surface area contributed by atoms with Crippen LogP contribution in [0, 0.1) is 5.92 Å². The molecule has 2 fully saturated rings. The van der Waals surface area contributed by atoms with Crippen molar-refractivity contribution in [3.8, 4) is 0 Å². The van der Waals surface area contributed by atoms with Gasteiger partial charge in [0.15, 0.2) is 0 Å². The predicted octanol–water partition coefficient (Wildman–Crippen LogP) is 2.23. The Kier molecular flexibility index (Phi) is 4.50. The summed E-state index contributed by atoms with van der Waals surface area (Å²) < 4.78 is 4.58. The van der Waals surface area contributed by atoms with Gasteiger partial charge in [0.05, 0.1) is 16.8 Å². The fourth-order valence-corrected chi connectivity index (χ4v) is 3.88. The van der Waals surface area contributed by atoms with Gasteiger partial charge in [-0.3, -0.25) is 9.52 Å². The molecule has 1 aliphatic carbocycles. The number of nitrogens with one attached hydrogen (secondary N) is 1. The second-order valence-corrected chi connectivity index (χ2v) is 7.47. The van der Waals surface area contributed by atoms with Crippen molar-refractivity contribution in [3.63, 3.8) is 0 Å². The molecule has 2 atom stereocenters. The zero-order valence-corrected chi connectivity index (χ0v) is 14.1. The van der Waals surface area contributed by atoms with Crippen LogP contribution in [0.4, 0.5) is 5.69 Å². The fourth-order valence-electron chi connectivity index (χ4n) is 3.50. The minimum absolute atomic E-state index is 0.196. The van der Waals surface area contributed by atoms with Gasteiger partial charge in [0.25, 0.3) is 5.91 Å².